The van der Waals surface area contributed by atoms with Gasteiger partial charge in [-0.15, -0.1) is 35.3 Å². The summed E-state index contributed by atoms with van der Waals surface area (Å²) < 4.78 is 5.30. The number of thiophene rings is 1. The highest BCUT2D eigenvalue weighted by atomic mass is 127. The van der Waals surface area contributed by atoms with E-state index in [2.05, 4.69) is 58.8 Å². The average molecular weight is 459 g/mol. The van der Waals surface area contributed by atoms with E-state index in [1.807, 2.05) is 13.1 Å². The second-order valence-corrected chi connectivity index (χ2v) is 6.49. The molecule has 6 heteroatoms. The molecule has 0 saturated carbocycles. The third-order valence-electron chi connectivity index (χ3n) is 3.76. The van der Waals surface area contributed by atoms with Crippen molar-refractivity contribution in [2.75, 3.05) is 27.7 Å². The standard InChI is InChI=1S/C18H25N3OS.HI/c1-14-12-15(7-8-17(14)22-4)13-20-18(19-2)21(3)10-9-16-6-5-11-23-16;/h5-8,11-12H,9-10,13H2,1-4H3,(H,19,20);1H. The molecule has 132 valence electrons. The van der Waals surface area contributed by atoms with Crippen LogP contribution in [0.4, 0.5) is 0 Å². The van der Waals surface area contributed by atoms with Crippen molar-refractivity contribution in [1.29, 1.82) is 0 Å². The molecule has 1 heterocycles. The highest BCUT2D eigenvalue weighted by Crippen LogP contribution is 2.18. The second kappa shape index (κ2) is 10.6. The Hall–Kier alpha value is -1.28. The number of halogens is 1. The minimum atomic E-state index is 0. The summed E-state index contributed by atoms with van der Waals surface area (Å²) in [6, 6.07) is 10.5. The number of nitrogens with one attached hydrogen (secondary N) is 1. The van der Waals surface area contributed by atoms with Gasteiger partial charge in [0, 0.05) is 32.1 Å². The monoisotopic (exact) mass is 459 g/mol. The quantitative estimate of drug-likeness (QED) is 0.404. The van der Waals surface area contributed by atoms with E-state index in [0.29, 0.717) is 0 Å². The maximum Gasteiger partial charge on any atom is 0.193 e. The van der Waals surface area contributed by atoms with Gasteiger partial charge in [0.2, 0.25) is 0 Å². The predicted molar refractivity (Wildman–Crippen MR) is 114 cm³/mol. The number of rotatable bonds is 6. The third kappa shape index (κ3) is 5.98. The summed E-state index contributed by atoms with van der Waals surface area (Å²) in [7, 11) is 5.59. The Morgan fingerprint density at radius 2 is 2.12 bits per heavy atom. The maximum absolute atomic E-state index is 5.30. The lowest BCUT2D eigenvalue weighted by Crippen LogP contribution is -2.39. The number of hydrogen-bond donors (Lipinski definition) is 1. The van der Waals surface area contributed by atoms with Gasteiger partial charge in [-0.2, -0.15) is 0 Å². The van der Waals surface area contributed by atoms with Crippen molar-refractivity contribution in [2.45, 2.75) is 19.9 Å². The highest BCUT2D eigenvalue weighted by Gasteiger charge is 2.07. The molecular weight excluding hydrogens is 433 g/mol. The van der Waals surface area contributed by atoms with Gasteiger partial charge in [0.05, 0.1) is 7.11 Å². The zero-order chi connectivity index (χ0) is 16.7. The summed E-state index contributed by atoms with van der Waals surface area (Å²) in [4.78, 5) is 7.93. The number of likely N-dealkylation sites (N-methyl/N-ethyl adjacent to an activating group) is 1. The minimum absolute atomic E-state index is 0. The lowest BCUT2D eigenvalue weighted by molar-refractivity contribution is 0.411. The van der Waals surface area contributed by atoms with Crippen molar-refractivity contribution < 1.29 is 4.74 Å². The Morgan fingerprint density at radius 3 is 2.71 bits per heavy atom. The molecule has 0 radical (unpaired) electrons. The van der Waals surface area contributed by atoms with Crippen LogP contribution in [0.15, 0.2) is 40.7 Å². The molecule has 0 aliphatic heterocycles. The summed E-state index contributed by atoms with van der Waals surface area (Å²) in [5, 5.41) is 5.54. The van der Waals surface area contributed by atoms with Crippen LogP contribution in [0.2, 0.25) is 0 Å². The van der Waals surface area contributed by atoms with Crippen LogP contribution >= 0.6 is 35.3 Å². The fourth-order valence-corrected chi connectivity index (χ4v) is 3.15. The molecule has 0 saturated heterocycles. The molecular formula is C18H26IN3OS. The van der Waals surface area contributed by atoms with Gasteiger partial charge in [-0.25, -0.2) is 0 Å². The van der Waals surface area contributed by atoms with Gasteiger partial charge in [0.25, 0.3) is 0 Å². The molecule has 0 amide bonds. The number of hydrogen-bond acceptors (Lipinski definition) is 3. The summed E-state index contributed by atoms with van der Waals surface area (Å²) in [6.07, 6.45) is 1.04. The van der Waals surface area contributed by atoms with Gasteiger partial charge in [0.15, 0.2) is 5.96 Å². The van der Waals surface area contributed by atoms with Gasteiger partial charge in [0.1, 0.15) is 5.75 Å². The normalized spacial score (nSPS) is 10.9. The van der Waals surface area contributed by atoms with Crippen LogP contribution in [0.25, 0.3) is 0 Å². The van der Waals surface area contributed by atoms with Crippen LogP contribution in [-0.2, 0) is 13.0 Å². The van der Waals surface area contributed by atoms with Crippen LogP contribution in [0.1, 0.15) is 16.0 Å². The average Bonchev–Trinajstić information content (AvgIpc) is 3.07. The molecule has 0 unspecified atom stereocenters. The number of benzene rings is 1. The summed E-state index contributed by atoms with van der Waals surface area (Å²) in [5.41, 5.74) is 2.36. The zero-order valence-corrected chi connectivity index (χ0v) is 17.9. The van der Waals surface area contributed by atoms with Crippen molar-refractivity contribution in [2.24, 2.45) is 4.99 Å². The first kappa shape index (κ1) is 20.8. The molecule has 1 aromatic heterocycles. The van der Waals surface area contributed by atoms with Crippen LogP contribution in [0, 0.1) is 6.92 Å². The third-order valence-corrected chi connectivity index (χ3v) is 4.69. The van der Waals surface area contributed by atoms with Crippen LogP contribution in [-0.4, -0.2) is 38.6 Å². The smallest absolute Gasteiger partial charge is 0.193 e. The molecule has 0 bridgehead atoms. The highest BCUT2D eigenvalue weighted by molar-refractivity contribution is 14.0. The number of guanidine groups is 1. The largest absolute Gasteiger partial charge is 0.496 e. The Labute approximate surface area is 166 Å². The first-order chi connectivity index (χ1) is 11.1. The van der Waals surface area contributed by atoms with Crippen molar-refractivity contribution in [3.63, 3.8) is 0 Å². The Morgan fingerprint density at radius 1 is 1.33 bits per heavy atom. The zero-order valence-electron chi connectivity index (χ0n) is 14.7. The van der Waals surface area contributed by atoms with Gasteiger partial charge < -0.3 is 15.0 Å². The first-order valence-electron chi connectivity index (χ1n) is 7.71. The van der Waals surface area contributed by atoms with Crippen molar-refractivity contribution in [3.05, 3.63) is 51.7 Å². The SMILES string of the molecule is CN=C(NCc1ccc(OC)c(C)c1)N(C)CCc1cccs1.I. The Bertz CT molecular complexity index is 644. The molecule has 0 spiro atoms. The fourth-order valence-electron chi connectivity index (χ4n) is 2.45. The van der Waals surface area contributed by atoms with E-state index in [-0.39, 0.29) is 24.0 Å². The maximum atomic E-state index is 5.30. The van der Waals surface area contributed by atoms with Crippen molar-refractivity contribution in [3.8, 4) is 5.75 Å². The minimum Gasteiger partial charge on any atom is -0.496 e. The van der Waals surface area contributed by atoms with E-state index in [9.17, 15) is 0 Å². The summed E-state index contributed by atoms with van der Waals surface area (Å²) in [5.74, 6) is 1.83. The topological polar surface area (TPSA) is 36.9 Å². The van der Waals surface area contributed by atoms with E-state index in [1.165, 1.54) is 10.4 Å². The molecule has 24 heavy (non-hydrogen) atoms. The molecule has 1 aromatic carbocycles. The number of aliphatic imine (C=N–C) groups is 1. The lowest BCUT2D eigenvalue weighted by atomic mass is 10.1. The van der Waals surface area contributed by atoms with E-state index in [1.54, 1.807) is 18.4 Å². The van der Waals surface area contributed by atoms with Crippen molar-refractivity contribution >= 4 is 41.3 Å². The summed E-state index contributed by atoms with van der Waals surface area (Å²) in [6.45, 7) is 3.76. The lowest BCUT2D eigenvalue weighted by Gasteiger charge is -2.22. The first-order valence-corrected chi connectivity index (χ1v) is 8.59. The number of aryl methyl sites for hydroxylation is 1. The molecule has 2 aromatic rings. The van der Waals surface area contributed by atoms with Crippen LogP contribution < -0.4 is 10.1 Å². The Balaban J connectivity index is 0.00000288. The van der Waals surface area contributed by atoms with Crippen LogP contribution in [0.3, 0.4) is 0 Å². The van der Waals surface area contributed by atoms with E-state index >= 15 is 0 Å². The predicted octanol–water partition coefficient (Wildman–Crippen LogP) is 3.93. The molecule has 1 N–H and O–H groups in total. The number of ether oxygens (including phenoxy) is 1. The molecule has 2 rings (SSSR count). The van der Waals surface area contributed by atoms with E-state index < -0.39 is 0 Å². The molecule has 0 fully saturated rings. The van der Waals surface area contributed by atoms with Gasteiger partial charge >= 0.3 is 0 Å². The number of methoxy groups -OCH3 is 1. The number of nitrogens with zero attached hydrogens (tertiary/aromatic N) is 2. The van der Waals surface area contributed by atoms with Gasteiger partial charge in [-0.3, -0.25) is 4.99 Å². The Kier molecular flexibility index (Phi) is 9.13. The second-order valence-electron chi connectivity index (χ2n) is 5.46. The van der Waals surface area contributed by atoms with E-state index in [0.717, 1.165) is 36.8 Å². The summed E-state index contributed by atoms with van der Waals surface area (Å²) >= 11 is 1.80. The van der Waals surface area contributed by atoms with Crippen LogP contribution in [0.5, 0.6) is 5.75 Å². The van der Waals surface area contributed by atoms with Crippen molar-refractivity contribution in [1.82, 2.24) is 10.2 Å². The van der Waals surface area contributed by atoms with E-state index in [4.69, 9.17) is 4.74 Å². The molecule has 0 aliphatic rings. The van der Waals surface area contributed by atoms with Gasteiger partial charge in [-0.1, -0.05) is 18.2 Å². The van der Waals surface area contributed by atoms with Gasteiger partial charge in [-0.05, 0) is 42.0 Å². The molecule has 4 nitrogen and oxygen atoms in total. The fraction of sp³-hybridized carbons (Fsp3) is 0.389. The molecule has 0 atom stereocenters. The molecule has 0 aliphatic carbocycles.